The van der Waals surface area contributed by atoms with Gasteiger partial charge in [-0.05, 0) is 44.7 Å². The lowest BCUT2D eigenvalue weighted by Gasteiger charge is -2.56. The lowest BCUT2D eigenvalue weighted by Crippen LogP contribution is -2.67. The number of aliphatic imine (C=N–C) groups is 1. The average Bonchev–Trinajstić information content (AvgIpc) is 3.40. The van der Waals surface area contributed by atoms with E-state index in [4.69, 9.17) is 14.0 Å². The number of aliphatic hydroxyl groups excluding tert-OH is 1. The van der Waals surface area contributed by atoms with Crippen molar-refractivity contribution in [2.24, 2.45) is 10.4 Å². The van der Waals surface area contributed by atoms with Crippen molar-refractivity contribution in [2.45, 2.75) is 57.4 Å². The van der Waals surface area contributed by atoms with Gasteiger partial charge in [-0.15, -0.1) is 0 Å². The molecule has 35 heavy (non-hydrogen) atoms. The number of ether oxygens (including phenoxy) is 2. The Bertz CT molecular complexity index is 1190. The summed E-state index contributed by atoms with van der Waals surface area (Å²) in [6.07, 6.45) is 2.91. The summed E-state index contributed by atoms with van der Waals surface area (Å²) in [6.45, 7) is 6.04. The third kappa shape index (κ3) is 3.43. The highest BCUT2D eigenvalue weighted by molar-refractivity contribution is 6.01. The molecule has 6 rings (SSSR count). The van der Waals surface area contributed by atoms with Gasteiger partial charge in [0.2, 0.25) is 5.58 Å². The van der Waals surface area contributed by atoms with Crippen molar-refractivity contribution < 1.29 is 28.3 Å². The molecule has 4 aliphatic heterocycles. The van der Waals surface area contributed by atoms with Gasteiger partial charge in [0.15, 0.2) is 11.6 Å². The maximum atomic E-state index is 16.2. The van der Waals surface area contributed by atoms with E-state index in [1.807, 2.05) is 26.1 Å². The third-order valence-electron chi connectivity index (χ3n) is 7.71. The van der Waals surface area contributed by atoms with Crippen LogP contribution in [0.5, 0.6) is 0 Å². The van der Waals surface area contributed by atoms with E-state index in [0.717, 1.165) is 5.56 Å². The van der Waals surface area contributed by atoms with Crippen LogP contribution in [0.25, 0.3) is 11.0 Å². The molecule has 2 aromatic rings. The molecule has 2 N–H and O–H groups in total. The fraction of sp³-hybridized carbons (Fsp3) is 0.625. The summed E-state index contributed by atoms with van der Waals surface area (Å²) < 4.78 is 33.1. The molecule has 2 saturated heterocycles. The SMILES string of the molecule is C[C@@H]1CN2c3c(cc4c(N5C(=O)OC[C@@H]5CCCO)noc4c3F)CC3(C=NCNC3)[C@H]2[C@H](C)O1. The predicted molar refractivity (Wildman–Crippen MR) is 127 cm³/mol. The first kappa shape index (κ1) is 22.7. The van der Waals surface area contributed by atoms with Gasteiger partial charge in [0.25, 0.3) is 0 Å². The summed E-state index contributed by atoms with van der Waals surface area (Å²) in [6, 6.07) is 1.52. The van der Waals surface area contributed by atoms with Gasteiger partial charge < -0.3 is 24.0 Å². The quantitative estimate of drug-likeness (QED) is 0.675. The molecule has 1 amide bonds. The van der Waals surface area contributed by atoms with Gasteiger partial charge in [0.1, 0.15) is 6.61 Å². The normalized spacial score (nSPS) is 32.3. The smallest absolute Gasteiger partial charge is 0.416 e. The maximum Gasteiger partial charge on any atom is 0.416 e. The highest BCUT2D eigenvalue weighted by atomic mass is 19.1. The monoisotopic (exact) mass is 487 g/mol. The van der Waals surface area contributed by atoms with Crippen molar-refractivity contribution >= 4 is 34.8 Å². The summed E-state index contributed by atoms with van der Waals surface area (Å²) in [7, 11) is 0. The fourth-order valence-electron chi connectivity index (χ4n) is 6.46. The van der Waals surface area contributed by atoms with E-state index in [-0.39, 0.29) is 54.3 Å². The molecular formula is C24H30FN5O5. The summed E-state index contributed by atoms with van der Waals surface area (Å²) in [5.74, 6) is -0.222. The number of hydrogen-bond acceptors (Lipinski definition) is 9. The van der Waals surface area contributed by atoms with Gasteiger partial charge in [-0.3, -0.25) is 15.2 Å². The Kier molecular flexibility index (Phi) is 5.46. The second-order valence-electron chi connectivity index (χ2n) is 10.1. The number of halogens is 1. The molecule has 11 heteroatoms. The molecule has 4 aliphatic rings. The third-order valence-corrected chi connectivity index (χ3v) is 7.71. The van der Waals surface area contributed by atoms with E-state index in [9.17, 15) is 9.90 Å². The molecule has 188 valence electrons. The lowest BCUT2D eigenvalue weighted by atomic mass is 9.68. The van der Waals surface area contributed by atoms with Crippen molar-refractivity contribution in [1.29, 1.82) is 0 Å². The van der Waals surface area contributed by atoms with Gasteiger partial charge in [-0.1, -0.05) is 5.16 Å². The summed E-state index contributed by atoms with van der Waals surface area (Å²) in [5.41, 5.74) is 0.999. The van der Waals surface area contributed by atoms with Crippen molar-refractivity contribution in [2.75, 3.05) is 42.8 Å². The van der Waals surface area contributed by atoms with Gasteiger partial charge >= 0.3 is 6.09 Å². The number of nitrogens with zero attached hydrogens (tertiary/aromatic N) is 4. The van der Waals surface area contributed by atoms with E-state index in [2.05, 4.69) is 20.4 Å². The zero-order valence-electron chi connectivity index (χ0n) is 19.9. The number of carbonyl (C=O) groups is 1. The Morgan fingerprint density at radius 1 is 1.37 bits per heavy atom. The second-order valence-corrected chi connectivity index (χ2v) is 10.1. The first-order valence-corrected chi connectivity index (χ1v) is 12.2. The number of anilines is 2. The van der Waals surface area contributed by atoms with Crippen LogP contribution in [0.3, 0.4) is 0 Å². The topological polar surface area (TPSA) is 113 Å². The Morgan fingerprint density at radius 3 is 3.00 bits per heavy atom. The van der Waals surface area contributed by atoms with Crippen molar-refractivity contribution in [3.8, 4) is 0 Å². The van der Waals surface area contributed by atoms with E-state index in [1.165, 1.54) is 4.90 Å². The van der Waals surface area contributed by atoms with Gasteiger partial charge in [-0.2, -0.15) is 0 Å². The van der Waals surface area contributed by atoms with E-state index in [1.54, 1.807) is 0 Å². The minimum absolute atomic E-state index is 0.00939. The molecule has 0 aliphatic carbocycles. The lowest BCUT2D eigenvalue weighted by molar-refractivity contribution is -0.0522. The van der Waals surface area contributed by atoms with Crippen molar-refractivity contribution in [3.05, 3.63) is 17.4 Å². The summed E-state index contributed by atoms with van der Waals surface area (Å²) >= 11 is 0. The number of fused-ring (bicyclic) bond motifs is 5. The molecule has 5 heterocycles. The van der Waals surface area contributed by atoms with Crippen LogP contribution < -0.4 is 15.1 Å². The molecule has 0 bridgehead atoms. The van der Waals surface area contributed by atoms with Gasteiger partial charge in [0.05, 0.1) is 42.0 Å². The number of cyclic esters (lactones) is 1. The van der Waals surface area contributed by atoms with Crippen LogP contribution in [0.2, 0.25) is 0 Å². The molecule has 2 fully saturated rings. The Hall–Kier alpha value is -2.76. The number of hydrogen-bond donors (Lipinski definition) is 2. The largest absolute Gasteiger partial charge is 0.447 e. The first-order chi connectivity index (χ1) is 16.9. The first-order valence-electron chi connectivity index (χ1n) is 12.2. The Morgan fingerprint density at radius 2 is 2.23 bits per heavy atom. The second kappa shape index (κ2) is 8.42. The number of carbonyl (C=O) groups excluding carboxylic acids is 1. The molecule has 1 spiro atoms. The Balaban J connectivity index is 1.49. The predicted octanol–water partition coefficient (Wildman–Crippen LogP) is 2.22. The minimum Gasteiger partial charge on any atom is -0.447 e. The standard InChI is InChI=1S/C24H30FN5O5/c1-13-8-29-19-15(7-24(10-26-12-27-11-24)21(29)14(2)34-13)6-17-20(18(19)25)35-28-22(17)30-16(4-3-5-31)9-33-23(30)32/h6,10,13-14,16,21,27,31H,3-5,7-9,11-12H2,1-2H3/t13-,14+,16+,21-,24?/m1/s1. The van der Waals surface area contributed by atoms with E-state index in [0.29, 0.717) is 50.1 Å². The molecule has 0 saturated carbocycles. The number of benzene rings is 1. The van der Waals surface area contributed by atoms with Crippen molar-refractivity contribution in [3.63, 3.8) is 0 Å². The fourth-order valence-corrected chi connectivity index (χ4v) is 6.46. The highest BCUT2D eigenvalue weighted by Crippen LogP contribution is 2.48. The van der Waals surface area contributed by atoms with E-state index < -0.39 is 11.9 Å². The Labute approximate surface area is 202 Å². The molecule has 1 aromatic carbocycles. The van der Waals surface area contributed by atoms with Gasteiger partial charge in [-0.25, -0.2) is 9.18 Å². The number of aliphatic hydroxyl groups is 1. The van der Waals surface area contributed by atoms with Crippen LogP contribution in [-0.4, -0.2) is 79.8 Å². The van der Waals surface area contributed by atoms with Crippen molar-refractivity contribution in [1.82, 2.24) is 10.5 Å². The molecule has 10 nitrogen and oxygen atoms in total. The number of amides is 1. The van der Waals surface area contributed by atoms with E-state index >= 15 is 4.39 Å². The number of nitrogens with one attached hydrogen (secondary N) is 1. The highest BCUT2D eigenvalue weighted by Gasteiger charge is 2.53. The maximum absolute atomic E-state index is 16.2. The minimum atomic E-state index is -0.544. The van der Waals surface area contributed by atoms with Crippen LogP contribution in [0.1, 0.15) is 32.3 Å². The summed E-state index contributed by atoms with van der Waals surface area (Å²) in [5, 5.41) is 17.2. The number of aromatic nitrogens is 1. The number of morpholine rings is 1. The van der Waals surface area contributed by atoms with Crippen LogP contribution in [0.4, 0.5) is 20.7 Å². The molecule has 1 aromatic heterocycles. The number of rotatable bonds is 4. The zero-order valence-corrected chi connectivity index (χ0v) is 19.9. The molecule has 1 unspecified atom stereocenters. The van der Waals surface area contributed by atoms with Crippen LogP contribution in [0, 0.1) is 11.2 Å². The average molecular weight is 488 g/mol. The summed E-state index contributed by atoms with van der Waals surface area (Å²) in [4.78, 5) is 20.7. The molecular weight excluding hydrogens is 457 g/mol. The molecule has 5 atom stereocenters. The van der Waals surface area contributed by atoms with Crippen LogP contribution >= 0.6 is 0 Å². The van der Waals surface area contributed by atoms with Crippen LogP contribution in [0.15, 0.2) is 15.6 Å². The molecule has 0 radical (unpaired) electrons. The zero-order chi connectivity index (χ0) is 24.3. The van der Waals surface area contributed by atoms with Gasteiger partial charge in [0, 0.05) is 31.3 Å². The van der Waals surface area contributed by atoms with Crippen LogP contribution in [-0.2, 0) is 15.9 Å².